The first kappa shape index (κ1) is 10.9. The molecule has 0 amide bonds. The summed E-state index contributed by atoms with van der Waals surface area (Å²) in [6, 6.07) is 3.84. The molecule has 0 fully saturated rings. The van der Waals surface area contributed by atoms with E-state index in [1.807, 2.05) is 19.1 Å². The van der Waals surface area contributed by atoms with Crippen molar-refractivity contribution in [1.82, 2.24) is 0 Å². The summed E-state index contributed by atoms with van der Waals surface area (Å²) in [5.74, 6) is 0.899. The summed E-state index contributed by atoms with van der Waals surface area (Å²) in [6.45, 7) is 2.27. The fourth-order valence-electron chi connectivity index (χ4n) is 1.84. The molecular weight excluding hydrogens is 258 g/mol. The molecule has 0 spiro atoms. The van der Waals surface area contributed by atoms with Crippen molar-refractivity contribution in [2.24, 2.45) is 5.73 Å². The Labute approximate surface area is 97.4 Å². The zero-order chi connectivity index (χ0) is 11.0. The van der Waals surface area contributed by atoms with Gasteiger partial charge in [0.05, 0.1) is 10.6 Å². The quantitative estimate of drug-likeness (QED) is 0.862. The summed E-state index contributed by atoms with van der Waals surface area (Å²) >= 11 is 3.45. The molecular formula is C11H14BrNO2. The van der Waals surface area contributed by atoms with Gasteiger partial charge in [0, 0.05) is 13.0 Å². The van der Waals surface area contributed by atoms with Crippen LogP contribution in [-0.2, 0) is 6.42 Å². The minimum atomic E-state index is -0.595. The highest BCUT2D eigenvalue weighted by molar-refractivity contribution is 9.10. The van der Waals surface area contributed by atoms with Gasteiger partial charge < -0.3 is 15.6 Å². The average molecular weight is 272 g/mol. The molecule has 82 valence electrons. The summed E-state index contributed by atoms with van der Waals surface area (Å²) in [7, 11) is 0. The molecule has 2 unspecified atom stereocenters. The van der Waals surface area contributed by atoms with Crippen LogP contribution in [0, 0.1) is 0 Å². The average Bonchev–Trinajstić information content (AvgIpc) is 2.58. The van der Waals surface area contributed by atoms with Gasteiger partial charge in [-0.2, -0.15) is 0 Å². The van der Waals surface area contributed by atoms with Gasteiger partial charge in [-0.05, 0) is 46.1 Å². The molecule has 4 heteroatoms. The van der Waals surface area contributed by atoms with Gasteiger partial charge in [0.25, 0.3) is 0 Å². The standard InChI is InChI=1S/C11H14BrNO2/c1-6-2-8-3-7(10(14)5-13)4-9(12)11(8)15-6/h3-4,6,10,14H,2,5,13H2,1H3. The molecule has 0 saturated carbocycles. The van der Waals surface area contributed by atoms with Crippen LogP contribution in [-0.4, -0.2) is 17.8 Å². The number of halogens is 1. The summed E-state index contributed by atoms with van der Waals surface area (Å²) in [6.07, 6.45) is 0.503. The summed E-state index contributed by atoms with van der Waals surface area (Å²) in [5.41, 5.74) is 7.42. The Morgan fingerprint density at radius 2 is 2.40 bits per heavy atom. The van der Waals surface area contributed by atoms with Gasteiger partial charge >= 0.3 is 0 Å². The Kier molecular flexibility index (Phi) is 3.00. The molecule has 2 atom stereocenters. The van der Waals surface area contributed by atoms with Crippen molar-refractivity contribution in [2.45, 2.75) is 25.6 Å². The molecule has 15 heavy (non-hydrogen) atoms. The predicted molar refractivity (Wildman–Crippen MR) is 62.0 cm³/mol. The number of rotatable bonds is 2. The fourth-order valence-corrected chi connectivity index (χ4v) is 2.45. The van der Waals surface area contributed by atoms with Crippen LogP contribution >= 0.6 is 15.9 Å². The van der Waals surface area contributed by atoms with Crippen LogP contribution < -0.4 is 10.5 Å². The second-order valence-corrected chi connectivity index (χ2v) is 4.73. The normalized spacial score (nSPS) is 20.9. The van der Waals surface area contributed by atoms with Gasteiger partial charge in [0.1, 0.15) is 11.9 Å². The monoisotopic (exact) mass is 271 g/mol. The van der Waals surface area contributed by atoms with E-state index in [1.54, 1.807) is 0 Å². The van der Waals surface area contributed by atoms with Gasteiger partial charge in [0.2, 0.25) is 0 Å². The SMILES string of the molecule is CC1Cc2cc(C(O)CN)cc(Br)c2O1. The minimum absolute atomic E-state index is 0.210. The summed E-state index contributed by atoms with van der Waals surface area (Å²) in [4.78, 5) is 0. The zero-order valence-corrected chi connectivity index (χ0v) is 10.1. The van der Waals surface area contributed by atoms with Crippen LogP contribution in [0.2, 0.25) is 0 Å². The Bertz CT molecular complexity index is 381. The molecule has 0 saturated heterocycles. The number of nitrogens with two attached hydrogens (primary N) is 1. The molecule has 0 aliphatic carbocycles. The van der Waals surface area contributed by atoms with Crippen LogP contribution in [0.15, 0.2) is 16.6 Å². The molecule has 3 nitrogen and oxygen atoms in total. The van der Waals surface area contributed by atoms with Gasteiger partial charge in [-0.25, -0.2) is 0 Å². The van der Waals surface area contributed by atoms with Crippen molar-refractivity contribution in [1.29, 1.82) is 0 Å². The smallest absolute Gasteiger partial charge is 0.137 e. The van der Waals surface area contributed by atoms with Gasteiger partial charge in [-0.1, -0.05) is 0 Å². The topological polar surface area (TPSA) is 55.5 Å². The van der Waals surface area contributed by atoms with Gasteiger partial charge in [0.15, 0.2) is 0 Å². The van der Waals surface area contributed by atoms with Crippen molar-refractivity contribution >= 4 is 15.9 Å². The number of ether oxygens (including phenoxy) is 1. The van der Waals surface area contributed by atoms with Crippen molar-refractivity contribution < 1.29 is 9.84 Å². The van der Waals surface area contributed by atoms with E-state index in [9.17, 15) is 5.11 Å². The Morgan fingerprint density at radius 3 is 3.07 bits per heavy atom. The molecule has 1 heterocycles. The van der Waals surface area contributed by atoms with Crippen LogP contribution in [0.5, 0.6) is 5.75 Å². The molecule has 1 aromatic carbocycles. The lowest BCUT2D eigenvalue weighted by Gasteiger charge is -2.11. The van der Waals surface area contributed by atoms with Crippen LogP contribution in [0.25, 0.3) is 0 Å². The maximum absolute atomic E-state index is 9.66. The third kappa shape index (κ3) is 2.02. The molecule has 0 bridgehead atoms. The minimum Gasteiger partial charge on any atom is -0.489 e. The highest BCUT2D eigenvalue weighted by Crippen LogP contribution is 2.38. The second-order valence-electron chi connectivity index (χ2n) is 3.88. The largest absolute Gasteiger partial charge is 0.489 e. The van der Waals surface area contributed by atoms with E-state index in [0.29, 0.717) is 0 Å². The number of benzene rings is 1. The second kappa shape index (κ2) is 4.12. The lowest BCUT2D eigenvalue weighted by atomic mass is 10.0. The fraction of sp³-hybridized carbons (Fsp3) is 0.455. The van der Waals surface area contributed by atoms with Crippen LogP contribution in [0.1, 0.15) is 24.2 Å². The molecule has 3 N–H and O–H groups in total. The summed E-state index contributed by atoms with van der Waals surface area (Å²) in [5, 5.41) is 9.66. The lowest BCUT2D eigenvalue weighted by Crippen LogP contribution is -2.11. The zero-order valence-electron chi connectivity index (χ0n) is 8.53. The van der Waals surface area contributed by atoms with E-state index in [4.69, 9.17) is 10.5 Å². The molecule has 1 aliphatic heterocycles. The Morgan fingerprint density at radius 1 is 1.67 bits per heavy atom. The summed E-state index contributed by atoms with van der Waals surface area (Å²) < 4.78 is 6.54. The third-order valence-electron chi connectivity index (χ3n) is 2.58. The number of aliphatic hydroxyl groups is 1. The number of hydrogen-bond donors (Lipinski definition) is 2. The maximum atomic E-state index is 9.66. The Balaban J connectivity index is 2.40. The van der Waals surface area contributed by atoms with Gasteiger partial charge in [-0.3, -0.25) is 0 Å². The number of hydrogen-bond acceptors (Lipinski definition) is 3. The maximum Gasteiger partial charge on any atom is 0.137 e. The van der Waals surface area contributed by atoms with E-state index in [0.717, 1.165) is 27.8 Å². The number of aliphatic hydroxyl groups excluding tert-OH is 1. The first-order valence-electron chi connectivity index (χ1n) is 4.99. The highest BCUT2D eigenvalue weighted by Gasteiger charge is 2.23. The van der Waals surface area contributed by atoms with Crippen LogP contribution in [0.3, 0.4) is 0 Å². The van der Waals surface area contributed by atoms with Crippen molar-refractivity contribution in [3.63, 3.8) is 0 Å². The predicted octanol–water partition coefficient (Wildman–Crippen LogP) is 1.76. The van der Waals surface area contributed by atoms with Crippen molar-refractivity contribution in [3.05, 3.63) is 27.7 Å². The molecule has 1 aromatic rings. The first-order chi connectivity index (χ1) is 7.11. The van der Waals surface area contributed by atoms with Crippen molar-refractivity contribution in [2.75, 3.05) is 6.54 Å². The molecule has 2 rings (SSSR count). The molecule has 0 radical (unpaired) electrons. The van der Waals surface area contributed by atoms with E-state index < -0.39 is 6.10 Å². The third-order valence-corrected chi connectivity index (χ3v) is 3.17. The first-order valence-corrected chi connectivity index (χ1v) is 5.78. The van der Waals surface area contributed by atoms with Crippen LogP contribution in [0.4, 0.5) is 0 Å². The van der Waals surface area contributed by atoms with E-state index >= 15 is 0 Å². The van der Waals surface area contributed by atoms with E-state index in [-0.39, 0.29) is 12.6 Å². The van der Waals surface area contributed by atoms with E-state index in [1.165, 1.54) is 0 Å². The van der Waals surface area contributed by atoms with E-state index in [2.05, 4.69) is 15.9 Å². The number of fused-ring (bicyclic) bond motifs is 1. The highest BCUT2D eigenvalue weighted by atomic mass is 79.9. The molecule has 1 aliphatic rings. The lowest BCUT2D eigenvalue weighted by molar-refractivity contribution is 0.186. The van der Waals surface area contributed by atoms with Crippen molar-refractivity contribution in [3.8, 4) is 5.75 Å². The van der Waals surface area contributed by atoms with Gasteiger partial charge in [-0.15, -0.1) is 0 Å². The Hall–Kier alpha value is -0.580. The molecule has 0 aromatic heterocycles.